The summed E-state index contributed by atoms with van der Waals surface area (Å²) in [5.74, 6) is 1.97. The van der Waals surface area contributed by atoms with E-state index in [-0.39, 0.29) is 17.5 Å². The molecule has 4 rings (SSSR count). The molecule has 7 heteroatoms. The molecule has 3 aromatic carbocycles. The number of nitrogens with zero attached hydrogens (tertiary/aromatic N) is 1. The van der Waals surface area contributed by atoms with Gasteiger partial charge in [0.05, 0.1) is 16.6 Å². The number of nitro benzene ring substituents is 1. The lowest BCUT2D eigenvalue weighted by molar-refractivity contribution is -0.386. The summed E-state index contributed by atoms with van der Waals surface area (Å²) in [6.07, 6.45) is 18.3. The molecule has 0 spiro atoms. The number of nitro groups is 1. The van der Waals surface area contributed by atoms with Crippen LogP contribution < -0.4 is 15.2 Å². The molecule has 0 heterocycles. The van der Waals surface area contributed by atoms with E-state index in [9.17, 15) is 14.9 Å². The van der Waals surface area contributed by atoms with Gasteiger partial charge in [-0.05, 0) is 79.8 Å². The highest BCUT2D eigenvalue weighted by molar-refractivity contribution is 5.92. The largest absolute Gasteiger partial charge is 0.484 e. The number of carbonyl (C=O) groups excluding carboxylic acids is 1. The van der Waals surface area contributed by atoms with E-state index in [4.69, 9.17) is 15.2 Å². The second-order valence-electron chi connectivity index (χ2n) is 13.5. The van der Waals surface area contributed by atoms with Crippen molar-refractivity contribution in [3.63, 3.8) is 0 Å². The van der Waals surface area contributed by atoms with Crippen LogP contribution in [0.5, 0.6) is 11.5 Å². The van der Waals surface area contributed by atoms with Gasteiger partial charge < -0.3 is 15.2 Å². The standard InChI is InChI=1S/C40H54N2O5/c1-4-6-8-10-11-29(3)46-39-28-37(41)36(27-38(39)42(44)45)33-21-23-34(24-22-33)40(43)47-35-25-19-32(20-26-35)18-17-31-15-13-30(14-16-31)12-9-7-5-2/h19-31H,4-18,41H2,1-3H3/t29-,30-,31-/m1/s1. The van der Waals surface area contributed by atoms with Gasteiger partial charge >= 0.3 is 11.7 Å². The van der Waals surface area contributed by atoms with Crippen LogP contribution in [0.3, 0.4) is 0 Å². The molecular formula is C40H54N2O5. The zero-order valence-corrected chi connectivity index (χ0v) is 28.7. The number of hydrogen-bond acceptors (Lipinski definition) is 6. The van der Waals surface area contributed by atoms with Crippen LogP contribution in [0.15, 0.2) is 60.7 Å². The number of nitrogens with two attached hydrogens (primary N) is 1. The SMILES string of the molecule is CCCCCC[C@@H](C)Oc1cc(N)c(-c2ccc(C(=O)Oc3ccc(CC[C@H]4CC[C@H](CCCCC)CC4)cc3)cc2)cc1[N+](=O)[O-]. The minimum absolute atomic E-state index is 0.133. The van der Waals surface area contributed by atoms with Crippen LogP contribution in [0.1, 0.15) is 127 Å². The van der Waals surface area contributed by atoms with Gasteiger partial charge in [-0.2, -0.15) is 0 Å². The number of carbonyl (C=O) groups is 1. The smallest absolute Gasteiger partial charge is 0.343 e. The predicted molar refractivity (Wildman–Crippen MR) is 191 cm³/mol. The fourth-order valence-corrected chi connectivity index (χ4v) is 6.74. The van der Waals surface area contributed by atoms with E-state index >= 15 is 0 Å². The molecule has 47 heavy (non-hydrogen) atoms. The van der Waals surface area contributed by atoms with Gasteiger partial charge in [-0.15, -0.1) is 0 Å². The molecule has 1 fully saturated rings. The van der Waals surface area contributed by atoms with Gasteiger partial charge in [0.1, 0.15) is 5.75 Å². The van der Waals surface area contributed by atoms with Crippen LogP contribution in [-0.4, -0.2) is 17.0 Å². The van der Waals surface area contributed by atoms with Gasteiger partial charge in [0.2, 0.25) is 0 Å². The highest BCUT2D eigenvalue weighted by atomic mass is 16.6. The Morgan fingerprint density at radius 1 is 0.872 bits per heavy atom. The van der Waals surface area contributed by atoms with Crippen molar-refractivity contribution in [2.75, 3.05) is 5.73 Å². The number of rotatable bonds is 18. The number of ether oxygens (including phenoxy) is 2. The van der Waals surface area contributed by atoms with Gasteiger partial charge in [-0.1, -0.05) is 109 Å². The summed E-state index contributed by atoms with van der Waals surface area (Å²) in [6.45, 7) is 6.36. The van der Waals surface area contributed by atoms with Crippen LogP contribution in [-0.2, 0) is 6.42 Å². The number of benzene rings is 3. The molecule has 0 aromatic heterocycles. The van der Waals surface area contributed by atoms with E-state index in [1.807, 2.05) is 19.1 Å². The molecule has 0 radical (unpaired) electrons. The first kappa shape index (κ1) is 36.0. The third-order valence-electron chi connectivity index (χ3n) is 9.71. The maximum Gasteiger partial charge on any atom is 0.343 e. The zero-order valence-electron chi connectivity index (χ0n) is 28.7. The Bertz CT molecular complexity index is 1410. The third-order valence-corrected chi connectivity index (χ3v) is 9.71. The van der Waals surface area contributed by atoms with Crippen molar-refractivity contribution in [1.82, 2.24) is 0 Å². The molecule has 0 saturated heterocycles. The quantitative estimate of drug-likeness (QED) is 0.0370. The molecule has 254 valence electrons. The number of nitrogen functional groups attached to an aromatic ring is 1. The Kier molecular flexibility index (Phi) is 14.1. The number of aryl methyl sites for hydroxylation is 1. The average molecular weight is 643 g/mol. The zero-order chi connectivity index (χ0) is 33.6. The molecule has 1 atom stereocenters. The molecule has 1 saturated carbocycles. The maximum absolute atomic E-state index is 12.9. The van der Waals surface area contributed by atoms with Crippen molar-refractivity contribution < 1.29 is 19.2 Å². The molecule has 1 aliphatic rings. The van der Waals surface area contributed by atoms with Crippen LogP contribution in [0, 0.1) is 22.0 Å². The summed E-state index contributed by atoms with van der Waals surface area (Å²) < 4.78 is 11.6. The van der Waals surface area contributed by atoms with Crippen molar-refractivity contribution in [3.8, 4) is 22.6 Å². The van der Waals surface area contributed by atoms with Crippen molar-refractivity contribution in [2.45, 2.75) is 123 Å². The van der Waals surface area contributed by atoms with E-state index in [0.29, 0.717) is 28.1 Å². The van der Waals surface area contributed by atoms with Gasteiger partial charge in [-0.3, -0.25) is 10.1 Å². The summed E-state index contributed by atoms with van der Waals surface area (Å²) in [6, 6.07) is 17.6. The highest BCUT2D eigenvalue weighted by Crippen LogP contribution is 2.38. The van der Waals surface area contributed by atoms with Gasteiger partial charge in [-0.25, -0.2) is 4.79 Å². The van der Waals surface area contributed by atoms with E-state index < -0.39 is 10.9 Å². The Morgan fingerprint density at radius 2 is 1.51 bits per heavy atom. The summed E-state index contributed by atoms with van der Waals surface area (Å²) in [5, 5.41) is 11.9. The number of anilines is 1. The molecule has 0 aliphatic heterocycles. The third kappa shape index (κ3) is 11.1. The lowest BCUT2D eigenvalue weighted by Gasteiger charge is -2.28. The van der Waals surface area contributed by atoms with Crippen LogP contribution in [0.25, 0.3) is 11.1 Å². The van der Waals surface area contributed by atoms with Crippen molar-refractivity contribution in [2.24, 2.45) is 11.8 Å². The Morgan fingerprint density at radius 3 is 2.15 bits per heavy atom. The number of esters is 1. The molecule has 7 nitrogen and oxygen atoms in total. The minimum atomic E-state index is -0.462. The van der Waals surface area contributed by atoms with Crippen LogP contribution >= 0.6 is 0 Å². The van der Waals surface area contributed by atoms with Crippen LogP contribution in [0.4, 0.5) is 11.4 Å². The average Bonchev–Trinajstić information content (AvgIpc) is 3.07. The lowest BCUT2D eigenvalue weighted by Crippen LogP contribution is -2.15. The first-order valence-electron chi connectivity index (χ1n) is 17.9. The highest BCUT2D eigenvalue weighted by Gasteiger charge is 2.22. The van der Waals surface area contributed by atoms with E-state index in [1.54, 1.807) is 24.3 Å². The first-order valence-corrected chi connectivity index (χ1v) is 17.9. The number of unbranched alkanes of at least 4 members (excludes halogenated alkanes) is 5. The Balaban J connectivity index is 1.29. The lowest BCUT2D eigenvalue weighted by atomic mass is 9.78. The van der Waals surface area contributed by atoms with Crippen LogP contribution in [0.2, 0.25) is 0 Å². The Labute approximate surface area is 281 Å². The summed E-state index contributed by atoms with van der Waals surface area (Å²) >= 11 is 0. The van der Waals surface area contributed by atoms with E-state index in [0.717, 1.165) is 50.4 Å². The van der Waals surface area contributed by atoms with Gasteiger partial charge in [0, 0.05) is 23.4 Å². The fraction of sp³-hybridized carbons (Fsp3) is 0.525. The minimum Gasteiger partial charge on any atom is -0.484 e. The summed E-state index contributed by atoms with van der Waals surface area (Å²) in [7, 11) is 0. The van der Waals surface area contributed by atoms with Crippen molar-refractivity contribution in [3.05, 3.63) is 81.9 Å². The first-order chi connectivity index (χ1) is 22.8. The Hall–Kier alpha value is -3.87. The second-order valence-corrected chi connectivity index (χ2v) is 13.5. The molecule has 2 N–H and O–H groups in total. The molecule has 1 aliphatic carbocycles. The number of hydrogen-bond donors (Lipinski definition) is 1. The molecule has 3 aromatic rings. The summed E-state index contributed by atoms with van der Waals surface area (Å²) in [4.78, 5) is 24.4. The molecule has 0 bridgehead atoms. The molecule has 0 unspecified atom stereocenters. The van der Waals surface area contributed by atoms with E-state index in [2.05, 4.69) is 26.0 Å². The van der Waals surface area contributed by atoms with Gasteiger partial charge in [0.15, 0.2) is 5.75 Å². The van der Waals surface area contributed by atoms with Crippen molar-refractivity contribution in [1.29, 1.82) is 0 Å². The molecule has 0 amide bonds. The predicted octanol–water partition coefficient (Wildman–Crippen LogP) is 11.1. The summed E-state index contributed by atoms with van der Waals surface area (Å²) in [5.41, 5.74) is 9.40. The monoisotopic (exact) mass is 642 g/mol. The fourth-order valence-electron chi connectivity index (χ4n) is 6.74. The normalized spacial score (nSPS) is 16.8. The second kappa shape index (κ2) is 18.5. The maximum atomic E-state index is 12.9. The van der Waals surface area contributed by atoms with Crippen molar-refractivity contribution >= 4 is 17.3 Å². The topological polar surface area (TPSA) is 105 Å². The van der Waals surface area contributed by atoms with E-state index in [1.165, 1.54) is 75.5 Å². The van der Waals surface area contributed by atoms with Gasteiger partial charge in [0.25, 0.3) is 0 Å². The molecular weight excluding hydrogens is 588 g/mol.